The van der Waals surface area contributed by atoms with E-state index >= 15 is 0 Å². The quantitative estimate of drug-likeness (QED) is 0.373. The third kappa shape index (κ3) is 2.78. The third-order valence-corrected chi connectivity index (χ3v) is 4.37. The van der Waals surface area contributed by atoms with Crippen molar-refractivity contribution in [1.29, 1.82) is 0 Å². The Kier molecular flexibility index (Phi) is 4.40. The van der Waals surface area contributed by atoms with Crippen molar-refractivity contribution in [2.24, 2.45) is 0 Å². The minimum absolute atomic E-state index is 0.139. The number of non-ortho nitro benzene ring substituents is 1. The molecule has 1 atom stereocenters. The molecular weight excluding hydrogens is 336 g/mol. The molecule has 0 radical (unpaired) electrons. The molecule has 0 aromatic heterocycles. The molecule has 0 spiro atoms. The number of para-hydroxylation sites is 1. The lowest BCUT2D eigenvalue weighted by molar-refractivity contribution is -0.384. The van der Waals surface area contributed by atoms with Gasteiger partial charge < -0.3 is 10.0 Å². The van der Waals surface area contributed by atoms with Crippen LogP contribution in [0.5, 0.6) is 0 Å². The lowest BCUT2D eigenvalue weighted by Gasteiger charge is -2.22. The number of nitro groups is 1. The molecule has 1 aliphatic rings. The minimum Gasteiger partial charge on any atom is -0.375 e. The maximum absolute atomic E-state index is 12.8. The molecule has 1 unspecified atom stereocenters. The summed E-state index contributed by atoms with van der Waals surface area (Å²) >= 11 is 0. The van der Waals surface area contributed by atoms with Crippen LogP contribution in [0, 0.1) is 10.1 Å². The number of aliphatic hydroxyl groups is 1. The highest BCUT2D eigenvalue weighted by Gasteiger charge is 2.50. The Hall–Kier alpha value is -3.32. The maximum atomic E-state index is 12.8. The number of carbonyl (C=O) groups excluding carboxylic acids is 2. The molecule has 7 heteroatoms. The molecule has 0 saturated carbocycles. The predicted molar refractivity (Wildman–Crippen MR) is 94.9 cm³/mol. The van der Waals surface area contributed by atoms with Gasteiger partial charge in [0, 0.05) is 29.8 Å². The fourth-order valence-electron chi connectivity index (χ4n) is 3.09. The van der Waals surface area contributed by atoms with E-state index in [2.05, 4.69) is 6.58 Å². The number of anilines is 1. The molecule has 2 aromatic rings. The molecule has 0 saturated heterocycles. The van der Waals surface area contributed by atoms with Crippen LogP contribution in [0.2, 0.25) is 0 Å². The lowest BCUT2D eigenvalue weighted by atomic mass is 9.88. The minimum atomic E-state index is -1.97. The summed E-state index contributed by atoms with van der Waals surface area (Å²) in [7, 11) is 0. The molecule has 2 aromatic carbocycles. The molecule has 132 valence electrons. The Morgan fingerprint density at radius 3 is 2.50 bits per heavy atom. The highest BCUT2D eigenvalue weighted by Crippen LogP contribution is 2.42. The van der Waals surface area contributed by atoms with Crippen LogP contribution < -0.4 is 4.90 Å². The highest BCUT2D eigenvalue weighted by atomic mass is 16.6. The molecule has 1 amide bonds. The second kappa shape index (κ2) is 6.53. The van der Waals surface area contributed by atoms with Crippen molar-refractivity contribution in [3.63, 3.8) is 0 Å². The Labute approximate surface area is 149 Å². The zero-order chi connectivity index (χ0) is 18.9. The number of hydrogen-bond acceptors (Lipinski definition) is 5. The van der Waals surface area contributed by atoms with Crippen LogP contribution in [0.4, 0.5) is 11.4 Å². The predicted octanol–water partition coefficient (Wildman–Crippen LogP) is 2.59. The number of nitrogens with zero attached hydrogens (tertiary/aromatic N) is 2. The van der Waals surface area contributed by atoms with Crippen molar-refractivity contribution < 1.29 is 19.6 Å². The average Bonchev–Trinajstić information content (AvgIpc) is 2.84. The van der Waals surface area contributed by atoms with Gasteiger partial charge in [0.2, 0.25) is 0 Å². The first-order valence-corrected chi connectivity index (χ1v) is 7.91. The van der Waals surface area contributed by atoms with Gasteiger partial charge >= 0.3 is 0 Å². The molecule has 26 heavy (non-hydrogen) atoms. The van der Waals surface area contributed by atoms with Crippen LogP contribution >= 0.6 is 0 Å². The highest BCUT2D eigenvalue weighted by molar-refractivity contribution is 6.10. The van der Waals surface area contributed by atoms with Crippen LogP contribution in [-0.2, 0) is 10.4 Å². The summed E-state index contributed by atoms with van der Waals surface area (Å²) in [4.78, 5) is 36.9. The fraction of sp³-hybridized carbons (Fsp3) is 0.158. The smallest absolute Gasteiger partial charge is 0.269 e. The van der Waals surface area contributed by atoms with E-state index in [1.165, 1.54) is 29.2 Å². The van der Waals surface area contributed by atoms with Crippen LogP contribution in [0.25, 0.3) is 0 Å². The van der Waals surface area contributed by atoms with Gasteiger partial charge in [0.05, 0.1) is 17.0 Å². The number of amides is 1. The van der Waals surface area contributed by atoms with E-state index in [4.69, 9.17) is 0 Å². The number of ketones is 1. The molecule has 0 bridgehead atoms. The fourth-order valence-corrected chi connectivity index (χ4v) is 3.09. The number of nitro benzene ring substituents is 1. The van der Waals surface area contributed by atoms with E-state index in [0.717, 1.165) is 0 Å². The van der Waals surface area contributed by atoms with Crippen LogP contribution in [0.15, 0.2) is 61.2 Å². The van der Waals surface area contributed by atoms with Gasteiger partial charge in [0.15, 0.2) is 11.4 Å². The van der Waals surface area contributed by atoms with Gasteiger partial charge in [0.1, 0.15) is 0 Å². The Balaban J connectivity index is 1.92. The second-order valence-electron chi connectivity index (χ2n) is 5.99. The molecule has 1 N–H and O–H groups in total. The van der Waals surface area contributed by atoms with E-state index in [-0.39, 0.29) is 17.8 Å². The van der Waals surface area contributed by atoms with E-state index in [1.807, 2.05) is 0 Å². The first kappa shape index (κ1) is 17.5. The summed E-state index contributed by atoms with van der Waals surface area (Å²) in [6.07, 6.45) is 1.09. The Bertz CT molecular complexity index is 906. The maximum Gasteiger partial charge on any atom is 0.269 e. The monoisotopic (exact) mass is 352 g/mol. The van der Waals surface area contributed by atoms with Crippen molar-refractivity contribution in [2.75, 3.05) is 11.4 Å². The normalized spacial score (nSPS) is 18.5. The number of rotatable bonds is 6. The average molecular weight is 352 g/mol. The third-order valence-electron chi connectivity index (χ3n) is 4.37. The molecule has 0 aliphatic carbocycles. The van der Waals surface area contributed by atoms with Crippen molar-refractivity contribution in [3.8, 4) is 0 Å². The van der Waals surface area contributed by atoms with Crippen molar-refractivity contribution in [3.05, 3.63) is 82.4 Å². The van der Waals surface area contributed by atoms with Crippen molar-refractivity contribution >= 4 is 23.1 Å². The van der Waals surface area contributed by atoms with Crippen LogP contribution in [0.3, 0.4) is 0 Å². The molecule has 0 fully saturated rings. The number of fused-ring (bicyclic) bond motifs is 1. The SMILES string of the molecule is C=CCN1C(=O)C(O)(CC(=O)c2ccc([N+](=O)[O-])cc2)c2ccccc21. The first-order valence-electron chi connectivity index (χ1n) is 7.91. The first-order chi connectivity index (χ1) is 12.4. The van der Waals surface area contributed by atoms with Gasteiger partial charge in [-0.3, -0.25) is 19.7 Å². The van der Waals surface area contributed by atoms with Crippen LogP contribution in [0.1, 0.15) is 22.3 Å². The van der Waals surface area contributed by atoms with E-state index in [1.54, 1.807) is 30.3 Å². The van der Waals surface area contributed by atoms with Crippen molar-refractivity contribution in [1.82, 2.24) is 0 Å². The Morgan fingerprint density at radius 1 is 1.23 bits per heavy atom. The van der Waals surface area contributed by atoms with Gasteiger partial charge in [-0.05, 0) is 18.2 Å². The molecule has 3 rings (SSSR count). The zero-order valence-corrected chi connectivity index (χ0v) is 13.8. The summed E-state index contributed by atoms with van der Waals surface area (Å²) in [5, 5.41) is 21.7. The van der Waals surface area contributed by atoms with E-state index < -0.39 is 28.6 Å². The van der Waals surface area contributed by atoms with E-state index in [9.17, 15) is 24.8 Å². The second-order valence-corrected chi connectivity index (χ2v) is 5.99. The van der Waals surface area contributed by atoms with E-state index in [0.29, 0.717) is 11.3 Å². The summed E-state index contributed by atoms with van der Waals surface area (Å²) in [6.45, 7) is 3.82. The molecule has 1 aliphatic heterocycles. The number of Topliss-reactive ketones (excluding diaryl/α,β-unsaturated/α-hetero) is 1. The number of benzene rings is 2. The number of hydrogen-bond donors (Lipinski definition) is 1. The standard InChI is InChI=1S/C19H16N2O5/c1-2-11-20-16-6-4-3-5-15(16)19(24,18(20)23)12-17(22)13-7-9-14(10-8-13)21(25)26/h2-10,24H,1,11-12H2. The van der Waals surface area contributed by atoms with Crippen LogP contribution in [-0.4, -0.2) is 28.3 Å². The topological polar surface area (TPSA) is 101 Å². The number of carbonyl (C=O) groups is 2. The zero-order valence-electron chi connectivity index (χ0n) is 13.8. The Morgan fingerprint density at radius 2 is 1.88 bits per heavy atom. The molecular formula is C19H16N2O5. The van der Waals surface area contributed by atoms with Gasteiger partial charge in [-0.2, -0.15) is 0 Å². The van der Waals surface area contributed by atoms with Gasteiger partial charge in [-0.1, -0.05) is 24.3 Å². The van der Waals surface area contributed by atoms with Crippen molar-refractivity contribution in [2.45, 2.75) is 12.0 Å². The summed E-state index contributed by atoms with van der Waals surface area (Å²) < 4.78 is 0. The largest absolute Gasteiger partial charge is 0.375 e. The van der Waals surface area contributed by atoms with Gasteiger partial charge in [-0.25, -0.2) is 0 Å². The van der Waals surface area contributed by atoms with Gasteiger partial charge in [0.25, 0.3) is 11.6 Å². The molecule has 1 heterocycles. The van der Waals surface area contributed by atoms with Gasteiger partial charge in [-0.15, -0.1) is 6.58 Å². The summed E-state index contributed by atoms with van der Waals surface area (Å²) in [6, 6.07) is 11.8. The molecule has 7 nitrogen and oxygen atoms in total. The summed E-state index contributed by atoms with van der Waals surface area (Å²) in [5.74, 6) is -1.07. The summed E-state index contributed by atoms with van der Waals surface area (Å²) in [5.41, 5.74) is -1.02. The lowest BCUT2D eigenvalue weighted by Crippen LogP contribution is -2.41.